The molecule has 2 aliphatic rings. The summed E-state index contributed by atoms with van der Waals surface area (Å²) in [5.41, 5.74) is 1.81. The van der Waals surface area contributed by atoms with Crippen molar-refractivity contribution in [2.45, 2.75) is 31.7 Å². The summed E-state index contributed by atoms with van der Waals surface area (Å²) in [7, 11) is 0. The van der Waals surface area contributed by atoms with E-state index in [2.05, 4.69) is 15.2 Å². The molecular weight excluding hydrogens is 304 g/mol. The van der Waals surface area contributed by atoms with E-state index in [9.17, 15) is 4.79 Å². The van der Waals surface area contributed by atoms with Gasteiger partial charge in [-0.15, -0.1) is 0 Å². The molecule has 0 radical (unpaired) electrons. The molecule has 0 bridgehead atoms. The number of carbonyl (C=O) groups excluding carboxylic acids is 1. The Morgan fingerprint density at radius 1 is 1.21 bits per heavy atom. The number of para-hydroxylation sites is 2. The summed E-state index contributed by atoms with van der Waals surface area (Å²) < 4.78 is 5.77. The molecule has 0 saturated carbocycles. The van der Waals surface area contributed by atoms with Crippen LogP contribution in [0, 0.1) is 0 Å². The largest absolute Gasteiger partial charge is 0.441 e. The number of urea groups is 1. The number of aryl methyl sites for hydroxylation is 1. The van der Waals surface area contributed by atoms with E-state index in [0.717, 1.165) is 75.4 Å². The molecule has 1 aromatic heterocycles. The molecule has 1 aromatic carbocycles. The van der Waals surface area contributed by atoms with Gasteiger partial charge < -0.3 is 19.5 Å². The Hall–Kier alpha value is -2.08. The van der Waals surface area contributed by atoms with Crippen LogP contribution in [0.15, 0.2) is 28.7 Å². The normalized spacial score (nSPS) is 20.0. The van der Waals surface area contributed by atoms with Crippen LogP contribution in [0.4, 0.5) is 4.79 Å². The van der Waals surface area contributed by atoms with Crippen molar-refractivity contribution in [1.29, 1.82) is 0 Å². The molecule has 6 nitrogen and oxygen atoms in total. The van der Waals surface area contributed by atoms with E-state index in [1.165, 1.54) is 0 Å². The maximum atomic E-state index is 11.7. The number of aromatic nitrogens is 1. The number of benzene rings is 1. The summed E-state index contributed by atoms with van der Waals surface area (Å²) in [5.74, 6) is 0.833. The van der Waals surface area contributed by atoms with Crippen molar-refractivity contribution in [3.8, 4) is 0 Å². The van der Waals surface area contributed by atoms with Crippen molar-refractivity contribution in [1.82, 2.24) is 20.1 Å². The zero-order chi connectivity index (χ0) is 16.4. The zero-order valence-corrected chi connectivity index (χ0v) is 13.9. The van der Waals surface area contributed by atoms with E-state index in [1.54, 1.807) is 0 Å². The first kappa shape index (κ1) is 15.4. The average molecular weight is 328 g/mol. The number of amides is 2. The third kappa shape index (κ3) is 3.24. The Bertz CT molecular complexity index is 673. The van der Waals surface area contributed by atoms with Gasteiger partial charge in [0.25, 0.3) is 0 Å². The van der Waals surface area contributed by atoms with Crippen molar-refractivity contribution < 1.29 is 9.21 Å². The monoisotopic (exact) mass is 328 g/mol. The highest BCUT2D eigenvalue weighted by atomic mass is 16.3. The van der Waals surface area contributed by atoms with Crippen molar-refractivity contribution in [2.75, 3.05) is 32.7 Å². The fourth-order valence-corrected chi connectivity index (χ4v) is 3.77. The Morgan fingerprint density at radius 3 is 2.79 bits per heavy atom. The Balaban J connectivity index is 1.22. The smallest absolute Gasteiger partial charge is 0.317 e. The van der Waals surface area contributed by atoms with E-state index in [4.69, 9.17) is 4.42 Å². The minimum atomic E-state index is 0.115. The number of rotatable bonds is 5. The van der Waals surface area contributed by atoms with Gasteiger partial charge in [-0.1, -0.05) is 12.1 Å². The van der Waals surface area contributed by atoms with Gasteiger partial charge in [0.15, 0.2) is 11.5 Å². The Morgan fingerprint density at radius 2 is 2.04 bits per heavy atom. The molecule has 2 amide bonds. The molecule has 128 valence electrons. The minimum Gasteiger partial charge on any atom is -0.441 e. The van der Waals surface area contributed by atoms with Gasteiger partial charge in [0, 0.05) is 38.6 Å². The first-order chi connectivity index (χ1) is 11.8. The van der Waals surface area contributed by atoms with Crippen LogP contribution in [0.25, 0.3) is 11.1 Å². The van der Waals surface area contributed by atoms with Gasteiger partial charge in [0.05, 0.1) is 0 Å². The molecule has 0 unspecified atom stereocenters. The van der Waals surface area contributed by atoms with E-state index in [1.807, 2.05) is 29.2 Å². The van der Waals surface area contributed by atoms with E-state index in [-0.39, 0.29) is 6.03 Å². The molecule has 2 aliphatic heterocycles. The number of oxazole rings is 1. The van der Waals surface area contributed by atoms with Gasteiger partial charge in [0.1, 0.15) is 5.52 Å². The Kier molecular flexibility index (Phi) is 4.38. The molecule has 4 rings (SSSR count). The number of nitrogens with zero attached hydrogens (tertiary/aromatic N) is 3. The fourth-order valence-electron chi connectivity index (χ4n) is 3.77. The van der Waals surface area contributed by atoms with E-state index < -0.39 is 0 Å². The van der Waals surface area contributed by atoms with Crippen LogP contribution in [0.1, 0.15) is 25.2 Å². The quantitative estimate of drug-likeness (QED) is 0.914. The van der Waals surface area contributed by atoms with Gasteiger partial charge in [-0.05, 0) is 37.9 Å². The third-order valence-corrected chi connectivity index (χ3v) is 5.09. The van der Waals surface area contributed by atoms with Crippen LogP contribution < -0.4 is 5.32 Å². The topological polar surface area (TPSA) is 61.6 Å². The van der Waals surface area contributed by atoms with Crippen molar-refractivity contribution >= 4 is 17.1 Å². The average Bonchev–Trinajstić information content (AvgIpc) is 3.21. The maximum absolute atomic E-state index is 11.7. The standard InChI is InChI=1S/C18H24N4O2/c23-18-19-9-13-22(18)14-7-11-21(12-8-14)10-3-6-17-20-15-4-1-2-5-16(15)24-17/h1-2,4-5,14H,3,6-13H2,(H,19,23). The van der Waals surface area contributed by atoms with Gasteiger partial charge in [0.2, 0.25) is 0 Å². The molecule has 3 heterocycles. The number of hydrogen-bond donors (Lipinski definition) is 1. The Labute approximate surface area is 141 Å². The van der Waals surface area contributed by atoms with Crippen molar-refractivity contribution in [3.05, 3.63) is 30.2 Å². The summed E-state index contributed by atoms with van der Waals surface area (Å²) >= 11 is 0. The van der Waals surface area contributed by atoms with Gasteiger partial charge in [-0.2, -0.15) is 0 Å². The van der Waals surface area contributed by atoms with Crippen LogP contribution >= 0.6 is 0 Å². The number of fused-ring (bicyclic) bond motifs is 1. The summed E-state index contributed by atoms with van der Waals surface area (Å²) in [6, 6.07) is 8.44. The van der Waals surface area contributed by atoms with E-state index >= 15 is 0 Å². The first-order valence-electron chi connectivity index (χ1n) is 8.91. The van der Waals surface area contributed by atoms with Gasteiger partial charge in [-0.3, -0.25) is 0 Å². The maximum Gasteiger partial charge on any atom is 0.317 e. The first-order valence-corrected chi connectivity index (χ1v) is 8.91. The molecule has 24 heavy (non-hydrogen) atoms. The molecule has 2 saturated heterocycles. The second-order valence-corrected chi connectivity index (χ2v) is 6.68. The zero-order valence-electron chi connectivity index (χ0n) is 13.9. The lowest BCUT2D eigenvalue weighted by Gasteiger charge is -2.36. The molecular formula is C18H24N4O2. The summed E-state index contributed by atoms with van der Waals surface area (Å²) in [6.07, 6.45) is 4.09. The third-order valence-electron chi connectivity index (χ3n) is 5.09. The molecule has 0 atom stereocenters. The molecule has 2 fully saturated rings. The highest BCUT2D eigenvalue weighted by Crippen LogP contribution is 2.19. The van der Waals surface area contributed by atoms with Crippen LogP contribution in [0.2, 0.25) is 0 Å². The lowest BCUT2D eigenvalue weighted by molar-refractivity contribution is 0.135. The molecule has 6 heteroatoms. The lowest BCUT2D eigenvalue weighted by Crippen LogP contribution is -2.46. The van der Waals surface area contributed by atoms with Crippen molar-refractivity contribution in [2.24, 2.45) is 0 Å². The van der Waals surface area contributed by atoms with Gasteiger partial charge in [-0.25, -0.2) is 9.78 Å². The lowest BCUT2D eigenvalue weighted by atomic mass is 10.0. The summed E-state index contributed by atoms with van der Waals surface area (Å²) in [6.45, 7) is 4.87. The number of hydrogen-bond acceptors (Lipinski definition) is 4. The second kappa shape index (κ2) is 6.81. The highest BCUT2D eigenvalue weighted by molar-refractivity contribution is 5.76. The molecule has 0 aliphatic carbocycles. The van der Waals surface area contributed by atoms with E-state index in [0.29, 0.717) is 6.04 Å². The summed E-state index contributed by atoms with van der Waals surface area (Å²) in [4.78, 5) is 20.8. The minimum absolute atomic E-state index is 0.115. The number of carbonyl (C=O) groups is 1. The summed E-state index contributed by atoms with van der Waals surface area (Å²) in [5, 5.41) is 2.90. The molecule has 2 aromatic rings. The predicted molar refractivity (Wildman–Crippen MR) is 91.9 cm³/mol. The van der Waals surface area contributed by atoms with Crippen LogP contribution in [0.3, 0.4) is 0 Å². The number of likely N-dealkylation sites (tertiary alicyclic amines) is 1. The molecule has 0 spiro atoms. The van der Waals surface area contributed by atoms with Crippen LogP contribution in [-0.2, 0) is 6.42 Å². The highest BCUT2D eigenvalue weighted by Gasteiger charge is 2.30. The predicted octanol–water partition coefficient (Wildman–Crippen LogP) is 2.25. The fraction of sp³-hybridized carbons (Fsp3) is 0.556. The van der Waals surface area contributed by atoms with Crippen LogP contribution in [0.5, 0.6) is 0 Å². The second-order valence-electron chi connectivity index (χ2n) is 6.68. The molecule has 1 N–H and O–H groups in total. The van der Waals surface area contributed by atoms with Crippen LogP contribution in [-0.4, -0.2) is 59.6 Å². The SMILES string of the molecule is O=C1NCCN1C1CCN(CCCc2nc3ccccc3o2)CC1. The van der Waals surface area contributed by atoms with Gasteiger partial charge >= 0.3 is 6.03 Å². The number of nitrogens with one attached hydrogen (secondary N) is 1. The number of piperidine rings is 1. The van der Waals surface area contributed by atoms with Crippen molar-refractivity contribution in [3.63, 3.8) is 0 Å².